The summed E-state index contributed by atoms with van der Waals surface area (Å²) < 4.78 is 0. The van der Waals surface area contributed by atoms with Gasteiger partial charge < -0.3 is 10.0 Å². The van der Waals surface area contributed by atoms with E-state index in [9.17, 15) is 14.9 Å². The molecule has 6 nitrogen and oxygen atoms in total. The molecular weight excluding hydrogens is 248 g/mol. The van der Waals surface area contributed by atoms with Crippen LogP contribution < -0.4 is 4.90 Å². The molecule has 0 radical (unpaired) electrons. The van der Waals surface area contributed by atoms with Gasteiger partial charge in [0, 0.05) is 24.8 Å². The summed E-state index contributed by atoms with van der Waals surface area (Å²) in [4.78, 5) is 23.3. The molecule has 0 aliphatic carbocycles. The van der Waals surface area contributed by atoms with Crippen LogP contribution in [-0.2, 0) is 0 Å². The monoisotopic (exact) mass is 264 g/mol. The number of hydrogen-bond acceptors (Lipinski definition) is 4. The Bertz CT molecular complexity index is 493. The lowest BCUT2D eigenvalue weighted by Crippen LogP contribution is -2.24. The lowest BCUT2D eigenvalue weighted by molar-refractivity contribution is -0.385. The maximum atomic E-state index is 11.1. The van der Waals surface area contributed by atoms with E-state index >= 15 is 0 Å². The van der Waals surface area contributed by atoms with Crippen molar-refractivity contribution in [2.45, 2.75) is 25.7 Å². The lowest BCUT2D eigenvalue weighted by atomic mass is 10.1. The van der Waals surface area contributed by atoms with Crippen LogP contribution in [0.5, 0.6) is 0 Å². The Morgan fingerprint density at radius 3 is 2.37 bits per heavy atom. The molecule has 1 aliphatic heterocycles. The lowest BCUT2D eigenvalue weighted by Gasteiger charge is -2.22. The first kappa shape index (κ1) is 13.3. The van der Waals surface area contributed by atoms with Crippen LogP contribution in [-0.4, -0.2) is 29.1 Å². The normalized spacial score (nSPS) is 15.9. The van der Waals surface area contributed by atoms with E-state index in [2.05, 4.69) is 4.90 Å². The molecule has 102 valence electrons. The molecule has 1 aliphatic rings. The number of carbonyl (C=O) groups is 1. The average molecular weight is 264 g/mol. The number of rotatable bonds is 3. The van der Waals surface area contributed by atoms with Crippen LogP contribution in [0.25, 0.3) is 0 Å². The molecule has 1 saturated heterocycles. The molecule has 0 aromatic heterocycles. The van der Waals surface area contributed by atoms with Crippen LogP contribution in [0.15, 0.2) is 18.2 Å². The summed E-state index contributed by atoms with van der Waals surface area (Å²) in [5.74, 6) is -1.26. The summed E-state index contributed by atoms with van der Waals surface area (Å²) in [5.41, 5.74) is 0.155. The Labute approximate surface area is 110 Å². The first-order chi connectivity index (χ1) is 9.09. The van der Waals surface area contributed by atoms with E-state index in [1.165, 1.54) is 25.0 Å². The molecule has 6 heteroatoms. The topological polar surface area (TPSA) is 83.7 Å². The molecule has 1 heterocycles. The number of carboxylic acids is 1. The van der Waals surface area contributed by atoms with Gasteiger partial charge in [0.15, 0.2) is 0 Å². The maximum Gasteiger partial charge on any atom is 0.342 e. The van der Waals surface area contributed by atoms with Crippen LogP contribution in [0.1, 0.15) is 36.0 Å². The summed E-state index contributed by atoms with van der Waals surface area (Å²) in [6.07, 6.45) is 4.49. The number of anilines is 1. The first-order valence-corrected chi connectivity index (χ1v) is 6.36. The van der Waals surface area contributed by atoms with E-state index in [4.69, 9.17) is 5.11 Å². The largest absolute Gasteiger partial charge is 0.477 e. The second-order valence-electron chi connectivity index (χ2n) is 4.66. The number of aromatic carboxylic acids is 1. The van der Waals surface area contributed by atoms with E-state index in [0.29, 0.717) is 0 Å². The molecule has 1 N–H and O–H groups in total. The minimum absolute atomic E-state index is 0.244. The molecular formula is C13H16N2O4. The summed E-state index contributed by atoms with van der Waals surface area (Å²) in [6, 6.07) is 4.32. The number of carboxylic acid groups (broad SMARTS) is 1. The van der Waals surface area contributed by atoms with Crippen LogP contribution in [0, 0.1) is 10.1 Å². The van der Waals surface area contributed by atoms with E-state index in [0.717, 1.165) is 31.6 Å². The minimum atomic E-state index is -1.26. The highest BCUT2D eigenvalue weighted by molar-refractivity contribution is 5.93. The predicted molar refractivity (Wildman–Crippen MR) is 70.7 cm³/mol. The third-order valence-electron chi connectivity index (χ3n) is 3.38. The number of nitro benzene ring substituents is 1. The second kappa shape index (κ2) is 5.69. The van der Waals surface area contributed by atoms with Crippen molar-refractivity contribution in [3.05, 3.63) is 33.9 Å². The summed E-state index contributed by atoms with van der Waals surface area (Å²) >= 11 is 0. The predicted octanol–water partition coefficient (Wildman–Crippen LogP) is 2.67. The fraction of sp³-hybridized carbons (Fsp3) is 0.462. The zero-order valence-corrected chi connectivity index (χ0v) is 10.5. The van der Waals surface area contributed by atoms with Crippen molar-refractivity contribution >= 4 is 17.3 Å². The van der Waals surface area contributed by atoms with Crippen LogP contribution in [0.2, 0.25) is 0 Å². The smallest absolute Gasteiger partial charge is 0.342 e. The van der Waals surface area contributed by atoms with Gasteiger partial charge in [-0.15, -0.1) is 0 Å². The third-order valence-corrected chi connectivity index (χ3v) is 3.38. The van der Waals surface area contributed by atoms with Gasteiger partial charge in [0.25, 0.3) is 5.69 Å². The third kappa shape index (κ3) is 3.01. The van der Waals surface area contributed by atoms with Crippen LogP contribution >= 0.6 is 0 Å². The molecule has 1 aromatic carbocycles. The Hall–Kier alpha value is -2.11. The molecule has 2 rings (SSSR count). The highest BCUT2D eigenvalue weighted by Crippen LogP contribution is 2.26. The summed E-state index contributed by atoms with van der Waals surface area (Å²) in [5, 5.41) is 19.9. The molecule has 0 bridgehead atoms. The van der Waals surface area contributed by atoms with Crippen molar-refractivity contribution in [3.63, 3.8) is 0 Å². The Balaban J connectivity index is 2.34. The SMILES string of the molecule is O=C(O)c1cc(N2CCCCCC2)ccc1[N+](=O)[O-]. The van der Waals surface area contributed by atoms with Gasteiger partial charge in [0.05, 0.1) is 4.92 Å². The summed E-state index contributed by atoms with van der Waals surface area (Å²) in [6.45, 7) is 1.74. The van der Waals surface area contributed by atoms with Crippen molar-refractivity contribution in [1.82, 2.24) is 0 Å². The van der Waals surface area contributed by atoms with Crippen molar-refractivity contribution in [2.75, 3.05) is 18.0 Å². The minimum Gasteiger partial charge on any atom is -0.477 e. The van der Waals surface area contributed by atoms with Gasteiger partial charge in [-0.2, -0.15) is 0 Å². The van der Waals surface area contributed by atoms with E-state index in [-0.39, 0.29) is 11.3 Å². The van der Waals surface area contributed by atoms with Crippen LogP contribution in [0.4, 0.5) is 11.4 Å². The summed E-state index contributed by atoms with van der Waals surface area (Å²) in [7, 11) is 0. The highest BCUT2D eigenvalue weighted by atomic mass is 16.6. The fourth-order valence-electron chi connectivity index (χ4n) is 2.38. The first-order valence-electron chi connectivity index (χ1n) is 6.36. The van der Waals surface area contributed by atoms with Crippen molar-refractivity contribution in [2.24, 2.45) is 0 Å². The zero-order chi connectivity index (χ0) is 13.8. The van der Waals surface area contributed by atoms with Crippen LogP contribution in [0.3, 0.4) is 0 Å². The number of nitrogens with zero attached hydrogens (tertiary/aromatic N) is 2. The Kier molecular flexibility index (Phi) is 3.99. The Morgan fingerprint density at radius 2 is 1.84 bits per heavy atom. The van der Waals surface area contributed by atoms with Gasteiger partial charge >= 0.3 is 5.97 Å². The van der Waals surface area contributed by atoms with Gasteiger partial charge in [0.1, 0.15) is 5.56 Å². The van der Waals surface area contributed by atoms with Gasteiger partial charge in [0.2, 0.25) is 0 Å². The zero-order valence-electron chi connectivity index (χ0n) is 10.5. The standard InChI is InChI=1S/C13H16N2O4/c16-13(17)11-9-10(5-6-12(11)15(18)19)14-7-3-1-2-4-8-14/h5-6,9H,1-4,7-8H2,(H,16,17). The molecule has 1 fully saturated rings. The molecule has 0 saturated carbocycles. The van der Waals surface area contributed by atoms with Gasteiger partial charge in [-0.05, 0) is 25.0 Å². The van der Waals surface area contributed by atoms with Crippen molar-refractivity contribution in [3.8, 4) is 0 Å². The molecule has 0 amide bonds. The van der Waals surface area contributed by atoms with E-state index in [1.807, 2.05) is 0 Å². The van der Waals surface area contributed by atoms with Crippen molar-refractivity contribution < 1.29 is 14.8 Å². The Morgan fingerprint density at radius 1 is 1.21 bits per heavy atom. The second-order valence-corrected chi connectivity index (χ2v) is 4.66. The molecule has 0 unspecified atom stereocenters. The van der Waals surface area contributed by atoms with Gasteiger partial charge in [-0.25, -0.2) is 4.79 Å². The van der Waals surface area contributed by atoms with E-state index < -0.39 is 10.9 Å². The highest BCUT2D eigenvalue weighted by Gasteiger charge is 2.21. The molecule has 0 spiro atoms. The fourth-order valence-corrected chi connectivity index (χ4v) is 2.38. The molecule has 0 atom stereocenters. The number of hydrogen-bond donors (Lipinski definition) is 1. The van der Waals surface area contributed by atoms with Crippen molar-refractivity contribution in [1.29, 1.82) is 0 Å². The number of nitro groups is 1. The average Bonchev–Trinajstić information content (AvgIpc) is 2.66. The van der Waals surface area contributed by atoms with E-state index in [1.54, 1.807) is 6.07 Å². The maximum absolute atomic E-state index is 11.1. The van der Waals surface area contributed by atoms with Gasteiger partial charge in [-0.1, -0.05) is 12.8 Å². The molecule has 1 aromatic rings. The molecule has 19 heavy (non-hydrogen) atoms. The number of benzene rings is 1. The quantitative estimate of drug-likeness (QED) is 0.670. The van der Waals surface area contributed by atoms with Gasteiger partial charge in [-0.3, -0.25) is 10.1 Å².